The third-order valence-corrected chi connectivity index (χ3v) is 12.2. The quantitative estimate of drug-likeness (QED) is 0.180. The van der Waals surface area contributed by atoms with Crippen molar-refractivity contribution >= 4 is 43.6 Å². The van der Waals surface area contributed by atoms with Gasteiger partial charge < -0.3 is 4.57 Å². The predicted molar refractivity (Wildman–Crippen MR) is 234 cm³/mol. The molecule has 0 saturated carbocycles. The van der Waals surface area contributed by atoms with E-state index in [0.717, 1.165) is 33.0 Å². The molecular formula is C53H33N5. The number of aromatic nitrogens is 5. The molecule has 270 valence electrons. The lowest BCUT2D eigenvalue weighted by Crippen LogP contribution is -2.28. The summed E-state index contributed by atoms with van der Waals surface area (Å²) in [5, 5.41) is 4.62. The van der Waals surface area contributed by atoms with Gasteiger partial charge in [0.15, 0.2) is 11.6 Å². The van der Waals surface area contributed by atoms with Crippen molar-refractivity contribution in [3.63, 3.8) is 0 Å². The summed E-state index contributed by atoms with van der Waals surface area (Å²) in [5.74, 6) is 0.512. The van der Waals surface area contributed by atoms with Gasteiger partial charge in [-0.3, -0.25) is 4.57 Å². The minimum atomic E-state index is -0.474. The van der Waals surface area contributed by atoms with Gasteiger partial charge >= 0.3 is 0 Å². The molecule has 3 heterocycles. The van der Waals surface area contributed by atoms with Gasteiger partial charge in [-0.05, 0) is 69.8 Å². The number of rotatable bonds is 4. The molecule has 14 rings (SSSR count). The van der Waals surface area contributed by atoms with Gasteiger partial charge in [0.2, 0.25) is 5.95 Å². The van der Waals surface area contributed by atoms with Crippen LogP contribution in [0.2, 0.25) is 0 Å². The van der Waals surface area contributed by atoms with Gasteiger partial charge in [-0.25, -0.2) is 4.98 Å². The van der Waals surface area contributed by atoms with Gasteiger partial charge in [0.1, 0.15) is 0 Å². The van der Waals surface area contributed by atoms with E-state index in [1.54, 1.807) is 0 Å². The Bertz CT molecular complexity index is 3740. The lowest BCUT2D eigenvalue weighted by molar-refractivity contribution is 0.768. The van der Waals surface area contributed by atoms with Crippen molar-refractivity contribution < 1.29 is 6.85 Å². The summed E-state index contributed by atoms with van der Waals surface area (Å²) < 4.78 is 47.5. The minimum Gasteiger partial charge on any atom is -0.309 e. The van der Waals surface area contributed by atoms with Crippen molar-refractivity contribution in [3.8, 4) is 34.4 Å². The van der Waals surface area contributed by atoms with E-state index in [9.17, 15) is 0 Å². The molecule has 2 atom stereocenters. The fourth-order valence-corrected chi connectivity index (χ4v) is 10.1. The normalized spacial score (nSPS) is 16.4. The standard InChI is InChI=1S/C53H33N5/c1-4-16-32(17-5-1)51-54-52(33-18-6-2-7-19-33)56-53(55-51)58-42-27-15-13-25-38(42)47-44(58)31-29-40-45-35-22-10-11-23-36(35)48(50(40)47)49-39(45)28-30-43-46(49)37-24-12-14-26-41(37)57(43)34-20-8-3-9-21-34/h1-31,45,48H/i1D,4D,5D,16D,17D. The van der Waals surface area contributed by atoms with E-state index in [2.05, 4.69) is 130 Å². The maximum Gasteiger partial charge on any atom is 0.238 e. The molecule has 58 heavy (non-hydrogen) atoms. The van der Waals surface area contributed by atoms with Crippen LogP contribution in [-0.2, 0) is 0 Å². The monoisotopic (exact) mass is 744 g/mol. The van der Waals surface area contributed by atoms with Crippen molar-refractivity contribution in [2.45, 2.75) is 11.8 Å². The lowest BCUT2D eigenvalue weighted by Gasteiger charge is -2.43. The SMILES string of the molecule is [2H]c1c([2H])c([2H])c(-c2nc(-c3ccccc3)nc(-n3c4ccccc4c4c5c(ccc43)C3c4ccccc4C5c4c3ccc3c4c4ccccc4n3-c3ccccc3)n2)c([2H])c1[2H]. The van der Waals surface area contributed by atoms with Gasteiger partial charge in [0.05, 0.1) is 28.9 Å². The van der Waals surface area contributed by atoms with Crippen LogP contribution < -0.4 is 0 Å². The summed E-state index contributed by atoms with van der Waals surface area (Å²) in [5.41, 5.74) is 13.7. The number of benzene rings is 8. The van der Waals surface area contributed by atoms with Crippen LogP contribution in [-0.4, -0.2) is 24.1 Å². The Morgan fingerprint density at radius 1 is 0.397 bits per heavy atom. The first-order chi connectivity index (χ1) is 30.9. The van der Waals surface area contributed by atoms with Crippen molar-refractivity contribution in [2.75, 3.05) is 0 Å². The Balaban J connectivity index is 1.13. The van der Waals surface area contributed by atoms with Crippen LogP contribution in [0.3, 0.4) is 0 Å². The van der Waals surface area contributed by atoms with E-state index in [1.807, 2.05) is 36.4 Å². The molecule has 11 aromatic rings. The zero-order chi connectivity index (χ0) is 42.2. The summed E-state index contributed by atoms with van der Waals surface area (Å²) in [6, 6.07) is 53.1. The van der Waals surface area contributed by atoms with Gasteiger partial charge in [0.25, 0.3) is 0 Å². The van der Waals surface area contributed by atoms with E-state index in [0.29, 0.717) is 11.4 Å². The van der Waals surface area contributed by atoms with E-state index < -0.39 is 18.1 Å². The molecule has 3 aliphatic carbocycles. The molecule has 3 aliphatic rings. The van der Waals surface area contributed by atoms with Gasteiger partial charge in [-0.2, -0.15) is 9.97 Å². The van der Waals surface area contributed by atoms with Gasteiger partial charge in [0, 0.05) is 50.2 Å². The molecule has 0 fully saturated rings. The second kappa shape index (κ2) is 11.9. The number of hydrogen-bond donors (Lipinski definition) is 0. The maximum absolute atomic E-state index is 8.90. The van der Waals surface area contributed by atoms with Crippen LogP contribution in [0.25, 0.3) is 78.0 Å². The van der Waals surface area contributed by atoms with E-state index in [-0.39, 0.29) is 41.3 Å². The third-order valence-electron chi connectivity index (χ3n) is 12.2. The average Bonchev–Trinajstić information content (AvgIpc) is 3.86. The Hall–Kier alpha value is -7.63. The predicted octanol–water partition coefficient (Wildman–Crippen LogP) is 12.4. The topological polar surface area (TPSA) is 48.5 Å². The Morgan fingerprint density at radius 2 is 0.914 bits per heavy atom. The molecule has 5 nitrogen and oxygen atoms in total. The fraction of sp³-hybridized carbons (Fsp3) is 0.0377. The van der Waals surface area contributed by atoms with Crippen LogP contribution in [0.4, 0.5) is 0 Å². The van der Waals surface area contributed by atoms with Gasteiger partial charge in [-0.1, -0.05) is 152 Å². The van der Waals surface area contributed by atoms with Gasteiger partial charge in [-0.15, -0.1) is 0 Å². The smallest absolute Gasteiger partial charge is 0.238 e. The van der Waals surface area contributed by atoms with Crippen LogP contribution in [0.1, 0.15) is 52.1 Å². The number of nitrogens with zero attached hydrogens (tertiary/aromatic N) is 5. The third kappa shape index (κ3) is 4.27. The highest BCUT2D eigenvalue weighted by Crippen LogP contribution is 2.60. The fourth-order valence-electron chi connectivity index (χ4n) is 10.1. The van der Waals surface area contributed by atoms with Crippen LogP contribution in [0, 0.1) is 0 Å². The van der Waals surface area contributed by atoms with Crippen molar-refractivity contribution in [1.29, 1.82) is 0 Å². The summed E-state index contributed by atoms with van der Waals surface area (Å²) in [4.78, 5) is 14.9. The highest BCUT2D eigenvalue weighted by Gasteiger charge is 2.44. The van der Waals surface area contributed by atoms with Crippen molar-refractivity contribution in [2.24, 2.45) is 0 Å². The molecule has 0 radical (unpaired) electrons. The molecule has 0 aliphatic heterocycles. The highest BCUT2D eigenvalue weighted by atomic mass is 15.2. The molecule has 0 N–H and O–H groups in total. The number of hydrogen-bond acceptors (Lipinski definition) is 3. The van der Waals surface area contributed by atoms with Crippen LogP contribution in [0.5, 0.6) is 0 Å². The maximum atomic E-state index is 8.90. The van der Waals surface area contributed by atoms with E-state index in [4.69, 9.17) is 21.8 Å². The molecule has 2 unspecified atom stereocenters. The Labute approximate surface area is 341 Å². The zero-order valence-corrected chi connectivity index (χ0v) is 30.9. The average molecular weight is 745 g/mol. The molecule has 2 bridgehead atoms. The first kappa shape index (κ1) is 27.0. The Morgan fingerprint density at radius 3 is 1.57 bits per heavy atom. The van der Waals surface area contributed by atoms with Crippen molar-refractivity contribution in [1.82, 2.24) is 24.1 Å². The van der Waals surface area contributed by atoms with E-state index in [1.165, 1.54) is 49.7 Å². The second-order valence-corrected chi connectivity index (χ2v) is 15.1. The number of fused-ring (bicyclic) bond motifs is 6. The first-order valence-electron chi connectivity index (χ1n) is 22.0. The van der Waals surface area contributed by atoms with E-state index >= 15 is 0 Å². The molecule has 0 saturated heterocycles. The Kier molecular flexibility index (Phi) is 5.57. The summed E-state index contributed by atoms with van der Waals surface area (Å²) in [7, 11) is 0. The van der Waals surface area contributed by atoms with Crippen LogP contribution >= 0.6 is 0 Å². The zero-order valence-electron chi connectivity index (χ0n) is 35.9. The first-order valence-corrected chi connectivity index (χ1v) is 19.5. The molecule has 8 aromatic carbocycles. The second-order valence-electron chi connectivity index (χ2n) is 15.1. The summed E-state index contributed by atoms with van der Waals surface area (Å²) in [6.45, 7) is 0. The molecule has 0 amide bonds. The highest BCUT2D eigenvalue weighted by molar-refractivity contribution is 6.15. The summed E-state index contributed by atoms with van der Waals surface area (Å²) in [6.07, 6.45) is 0. The molecule has 0 spiro atoms. The lowest BCUT2D eigenvalue weighted by atomic mass is 9.59. The molecular weight excluding hydrogens is 707 g/mol. The molecule has 3 aromatic heterocycles. The number of para-hydroxylation sites is 3. The van der Waals surface area contributed by atoms with Crippen molar-refractivity contribution in [3.05, 3.63) is 221 Å². The molecule has 5 heteroatoms. The summed E-state index contributed by atoms with van der Waals surface area (Å²) >= 11 is 0. The largest absolute Gasteiger partial charge is 0.309 e. The van der Waals surface area contributed by atoms with Crippen LogP contribution in [0.15, 0.2) is 188 Å². The minimum absolute atomic E-state index is 0.00106.